The Hall–Kier alpha value is -3.29. The first-order valence-electron chi connectivity index (χ1n) is 9.37. The van der Waals surface area contributed by atoms with Gasteiger partial charge < -0.3 is 26.1 Å². The molecule has 19 heteroatoms. The van der Waals surface area contributed by atoms with Gasteiger partial charge in [0.2, 0.25) is 18.1 Å². The molecule has 4 heterocycles. The molecule has 0 aromatic carbocycles. The molecular weight excluding hydrogens is 544 g/mol. The van der Waals surface area contributed by atoms with Gasteiger partial charge in [-0.25, -0.2) is 9.59 Å². The van der Waals surface area contributed by atoms with E-state index < -0.39 is 47.5 Å². The molecule has 2 aromatic heterocycles. The van der Waals surface area contributed by atoms with Gasteiger partial charge in [0.05, 0.1) is 0 Å². The van der Waals surface area contributed by atoms with E-state index in [1.165, 1.54) is 34.9 Å². The van der Waals surface area contributed by atoms with Crippen molar-refractivity contribution in [3.8, 4) is 0 Å². The van der Waals surface area contributed by atoms with Crippen LogP contribution in [0.1, 0.15) is 5.82 Å². The average molecular weight is 559 g/mol. The maximum absolute atomic E-state index is 12.9. The van der Waals surface area contributed by atoms with Crippen LogP contribution in [-0.2, 0) is 24.0 Å². The number of hydrogen-bond donors (Lipinski definition) is 4. The maximum atomic E-state index is 12.9. The molecule has 1 unspecified atom stereocenters. The number of fused-ring (bicyclic) bond motifs is 1. The van der Waals surface area contributed by atoms with E-state index in [1.807, 2.05) is 0 Å². The van der Waals surface area contributed by atoms with E-state index in [4.69, 9.17) is 10.8 Å². The number of nitrogen functional groups attached to an aromatic ring is 1. The minimum Gasteiger partial charge on any atom is -0.479 e. The van der Waals surface area contributed by atoms with Crippen molar-refractivity contribution in [2.75, 3.05) is 23.8 Å². The molecule has 0 aliphatic carbocycles. The number of aliphatic carboxylic acids is 2. The van der Waals surface area contributed by atoms with Crippen molar-refractivity contribution >= 4 is 81.0 Å². The van der Waals surface area contributed by atoms with E-state index in [2.05, 4.69) is 34.9 Å². The summed E-state index contributed by atoms with van der Waals surface area (Å²) in [6, 6.07) is -1.06. The number of thioether (sulfide) groups is 2. The highest BCUT2D eigenvalue weighted by molar-refractivity contribution is 8.01. The monoisotopic (exact) mass is 558 g/mol. The van der Waals surface area contributed by atoms with Crippen LogP contribution in [0.2, 0.25) is 0 Å². The number of carbonyl (C=O) groups is 4. The third-order valence-corrected chi connectivity index (χ3v) is 8.29. The van der Waals surface area contributed by atoms with Gasteiger partial charge in [-0.1, -0.05) is 28.3 Å². The van der Waals surface area contributed by atoms with Crippen molar-refractivity contribution in [2.24, 2.45) is 5.16 Å². The number of carboxylic acids is 2. The number of nitrogens with two attached hydrogens (primary N) is 1. The van der Waals surface area contributed by atoms with Gasteiger partial charge in [0.1, 0.15) is 22.6 Å². The number of amides is 2. The molecule has 35 heavy (non-hydrogen) atoms. The summed E-state index contributed by atoms with van der Waals surface area (Å²) in [6.07, 6.45) is 0. The lowest BCUT2D eigenvalue weighted by Gasteiger charge is -2.49. The Balaban J connectivity index is 1.49. The van der Waals surface area contributed by atoms with Gasteiger partial charge in [0.25, 0.3) is 11.8 Å². The number of nitrogens with zero attached hydrogens (tertiary/aromatic N) is 6. The Morgan fingerprint density at radius 2 is 2.17 bits per heavy atom. The Kier molecular flexibility index (Phi) is 7.48. The van der Waals surface area contributed by atoms with Crippen LogP contribution >= 0.6 is 46.4 Å². The van der Waals surface area contributed by atoms with Crippen LogP contribution in [0, 0.1) is 0 Å². The summed E-state index contributed by atoms with van der Waals surface area (Å²) in [6.45, 7) is -0.824. The van der Waals surface area contributed by atoms with Gasteiger partial charge in [-0.05, 0) is 5.57 Å². The van der Waals surface area contributed by atoms with Gasteiger partial charge >= 0.3 is 11.9 Å². The number of aromatic nitrogens is 4. The smallest absolute Gasteiger partial charge is 0.352 e. The van der Waals surface area contributed by atoms with Crippen LogP contribution in [0.15, 0.2) is 26.3 Å². The minimum absolute atomic E-state index is 0.0302. The van der Waals surface area contributed by atoms with Crippen molar-refractivity contribution in [3.63, 3.8) is 0 Å². The number of nitrogens with one attached hydrogen (secondary N) is 1. The van der Waals surface area contributed by atoms with E-state index in [1.54, 1.807) is 5.51 Å². The van der Waals surface area contributed by atoms with Crippen molar-refractivity contribution in [3.05, 3.63) is 22.6 Å². The fourth-order valence-corrected chi connectivity index (χ4v) is 6.45. The van der Waals surface area contributed by atoms with Crippen molar-refractivity contribution in [1.82, 2.24) is 29.8 Å². The van der Waals surface area contributed by atoms with Crippen molar-refractivity contribution < 1.29 is 34.2 Å². The quantitative estimate of drug-likeness (QED) is 0.123. The minimum atomic E-state index is -1.32. The molecule has 0 spiro atoms. The van der Waals surface area contributed by atoms with Gasteiger partial charge in [0, 0.05) is 23.0 Å². The molecule has 1 fully saturated rings. The molecule has 2 aromatic rings. The Labute approximate surface area is 212 Å². The number of rotatable bonds is 10. The second-order valence-corrected chi connectivity index (χ2v) is 10.6. The molecule has 5 N–H and O–H groups in total. The summed E-state index contributed by atoms with van der Waals surface area (Å²) in [5.41, 5.74) is 7.04. The molecule has 1 saturated heterocycles. The van der Waals surface area contributed by atoms with E-state index in [9.17, 15) is 24.3 Å². The zero-order valence-electron chi connectivity index (χ0n) is 17.2. The Bertz CT molecular complexity index is 1230. The first kappa shape index (κ1) is 24.8. The summed E-state index contributed by atoms with van der Waals surface area (Å²) in [5.74, 6) is -3.69. The van der Waals surface area contributed by atoms with Gasteiger partial charge in [-0.15, -0.1) is 22.0 Å². The van der Waals surface area contributed by atoms with Crippen LogP contribution in [0.4, 0.5) is 5.13 Å². The predicted octanol–water partition coefficient (Wildman–Crippen LogP) is -0.692. The fourth-order valence-electron chi connectivity index (χ4n) is 3.05. The molecule has 184 valence electrons. The number of hydrogen-bond acceptors (Lipinski definition) is 15. The lowest BCUT2D eigenvalue weighted by Crippen LogP contribution is -2.71. The molecule has 2 aliphatic heterocycles. The SMILES string of the molecule is Nc1nc(C(=NOCC(=O)O)C(=O)NC2C(=O)N3C(C(=O)O)=C(CSc4nncs4)CS[C@@H]23)ns1. The molecular formula is C16H14N8O7S4. The number of oxime groups is 1. The van der Waals surface area contributed by atoms with Crippen molar-refractivity contribution in [2.45, 2.75) is 15.8 Å². The molecule has 2 amide bonds. The second-order valence-electron chi connectivity index (χ2n) is 6.67. The van der Waals surface area contributed by atoms with Crippen LogP contribution in [0.5, 0.6) is 0 Å². The third-order valence-electron chi connectivity index (χ3n) is 4.46. The molecule has 0 bridgehead atoms. The van der Waals surface area contributed by atoms with E-state index >= 15 is 0 Å². The Morgan fingerprint density at radius 3 is 2.80 bits per heavy atom. The zero-order valence-corrected chi connectivity index (χ0v) is 20.4. The normalized spacial score (nSPS) is 19.7. The average Bonchev–Trinajstić information content (AvgIpc) is 3.49. The lowest BCUT2D eigenvalue weighted by molar-refractivity contribution is -0.150. The first-order chi connectivity index (χ1) is 16.8. The van der Waals surface area contributed by atoms with Crippen LogP contribution in [0.3, 0.4) is 0 Å². The molecule has 2 atom stereocenters. The topological polar surface area (TPSA) is 223 Å². The number of anilines is 1. The molecule has 2 aliphatic rings. The Morgan fingerprint density at radius 1 is 1.37 bits per heavy atom. The summed E-state index contributed by atoms with van der Waals surface area (Å²) >= 11 is 4.70. The van der Waals surface area contributed by atoms with Gasteiger partial charge in [-0.2, -0.15) is 9.36 Å². The summed E-state index contributed by atoms with van der Waals surface area (Å²) in [7, 11) is 0. The van der Waals surface area contributed by atoms with E-state index in [-0.39, 0.29) is 16.7 Å². The van der Waals surface area contributed by atoms with Crippen LogP contribution < -0.4 is 11.1 Å². The number of carbonyl (C=O) groups excluding carboxylic acids is 2. The molecule has 15 nitrogen and oxygen atoms in total. The predicted molar refractivity (Wildman–Crippen MR) is 125 cm³/mol. The van der Waals surface area contributed by atoms with Crippen LogP contribution in [-0.4, -0.2) is 93.7 Å². The second kappa shape index (κ2) is 10.5. The van der Waals surface area contributed by atoms with Crippen molar-refractivity contribution in [1.29, 1.82) is 0 Å². The van der Waals surface area contributed by atoms with E-state index in [0.717, 1.165) is 16.4 Å². The standard InChI is InChI=1S/C16H14N8O7S4/c17-15-20-10(23-35-15)7(22-31-1-6(25)26)11(27)19-8-12(28)24-9(14(29)30)5(2-32-13(8)24)3-33-16-21-18-4-34-16/h4,8,13H,1-3H2,(H,19,27)(H,25,26)(H,29,30)(H2,17,20,23)/t8?,13-/m0/s1. The molecule has 0 radical (unpaired) electrons. The largest absolute Gasteiger partial charge is 0.479 e. The fraction of sp³-hybridized carbons (Fsp3) is 0.312. The highest BCUT2D eigenvalue weighted by Crippen LogP contribution is 2.41. The van der Waals surface area contributed by atoms with Crippen LogP contribution in [0.25, 0.3) is 0 Å². The number of carboxylic acid groups (broad SMARTS) is 2. The number of β-lactam (4-membered cyclic amide) rings is 1. The maximum Gasteiger partial charge on any atom is 0.352 e. The third kappa shape index (κ3) is 5.36. The highest BCUT2D eigenvalue weighted by atomic mass is 32.2. The van der Waals surface area contributed by atoms with Gasteiger partial charge in [0.15, 0.2) is 9.47 Å². The lowest BCUT2D eigenvalue weighted by atomic mass is 10.0. The van der Waals surface area contributed by atoms with Gasteiger partial charge in [-0.3, -0.25) is 14.5 Å². The zero-order chi connectivity index (χ0) is 25.1. The summed E-state index contributed by atoms with van der Waals surface area (Å²) in [5, 5.41) is 31.5. The summed E-state index contributed by atoms with van der Waals surface area (Å²) in [4.78, 5) is 58.0. The first-order valence-corrected chi connectivity index (χ1v) is 13.1. The van der Waals surface area contributed by atoms with E-state index in [0.29, 0.717) is 21.4 Å². The summed E-state index contributed by atoms with van der Waals surface area (Å²) < 4.78 is 4.53. The molecule has 4 rings (SSSR count). The molecule has 0 saturated carbocycles. The highest BCUT2D eigenvalue weighted by Gasteiger charge is 2.54.